The minimum Gasteiger partial charge on any atom is -0.313 e. The largest absolute Gasteiger partial charge is 0.313 e. The molecule has 2 nitrogen and oxygen atoms in total. The number of nitrogens with one attached hydrogen (secondary N) is 1. The van der Waals surface area contributed by atoms with Gasteiger partial charge >= 0.3 is 0 Å². The molecule has 1 aromatic heterocycles. The van der Waals surface area contributed by atoms with E-state index in [-0.39, 0.29) is 5.82 Å². The highest BCUT2D eigenvalue weighted by Gasteiger charge is 2.19. The molecule has 0 unspecified atom stereocenters. The highest BCUT2D eigenvalue weighted by Crippen LogP contribution is 2.30. The van der Waals surface area contributed by atoms with Crippen LogP contribution in [0, 0.1) is 5.82 Å². The second-order valence-corrected chi connectivity index (χ2v) is 5.21. The fourth-order valence-corrected chi connectivity index (χ4v) is 2.92. The van der Waals surface area contributed by atoms with Crippen molar-refractivity contribution >= 4 is 10.9 Å². The lowest BCUT2D eigenvalue weighted by Gasteiger charge is -2.13. The number of nitrogens with zero attached hydrogens (tertiary/aromatic N) is 1. The summed E-state index contributed by atoms with van der Waals surface area (Å²) >= 11 is 0. The number of halogens is 1. The van der Waals surface area contributed by atoms with Crippen molar-refractivity contribution in [3.8, 4) is 0 Å². The van der Waals surface area contributed by atoms with Crippen LogP contribution in [-0.2, 0) is 19.4 Å². The maximum absolute atomic E-state index is 13.5. The first-order valence-electron chi connectivity index (χ1n) is 7.10. The van der Waals surface area contributed by atoms with E-state index in [4.69, 9.17) is 4.98 Å². The number of aryl methyl sites for hydroxylation is 1. The molecule has 0 amide bonds. The van der Waals surface area contributed by atoms with Gasteiger partial charge in [-0.15, -0.1) is 0 Å². The molecule has 0 aliphatic heterocycles. The van der Waals surface area contributed by atoms with Gasteiger partial charge in [0.25, 0.3) is 0 Å². The molecule has 0 spiro atoms. The lowest BCUT2D eigenvalue weighted by molar-refractivity contribution is 0.629. The second-order valence-electron chi connectivity index (χ2n) is 5.21. The van der Waals surface area contributed by atoms with Crippen LogP contribution in [0.1, 0.15) is 36.6 Å². The Morgan fingerprint density at radius 3 is 3.05 bits per heavy atom. The Morgan fingerprint density at radius 2 is 2.21 bits per heavy atom. The van der Waals surface area contributed by atoms with Gasteiger partial charge in [0.1, 0.15) is 5.82 Å². The van der Waals surface area contributed by atoms with Crippen LogP contribution in [0.2, 0.25) is 0 Å². The molecule has 0 atom stereocenters. The number of fused-ring (bicyclic) bond motifs is 2. The Morgan fingerprint density at radius 1 is 1.32 bits per heavy atom. The van der Waals surface area contributed by atoms with Gasteiger partial charge in [0.2, 0.25) is 0 Å². The normalized spacial score (nSPS) is 14.0. The molecule has 0 bridgehead atoms. The molecule has 0 radical (unpaired) electrons. The van der Waals surface area contributed by atoms with Crippen LogP contribution in [-0.4, -0.2) is 11.5 Å². The van der Waals surface area contributed by atoms with Crippen molar-refractivity contribution in [2.75, 3.05) is 6.54 Å². The van der Waals surface area contributed by atoms with Gasteiger partial charge in [-0.3, -0.25) is 4.98 Å². The van der Waals surface area contributed by atoms with Crippen molar-refractivity contribution in [2.45, 2.75) is 39.2 Å². The molecule has 3 rings (SSSR count). The first kappa shape index (κ1) is 12.5. The van der Waals surface area contributed by atoms with Crippen LogP contribution in [0.3, 0.4) is 0 Å². The molecule has 0 saturated carbocycles. The summed E-state index contributed by atoms with van der Waals surface area (Å²) < 4.78 is 13.5. The minimum atomic E-state index is -0.177. The van der Waals surface area contributed by atoms with E-state index in [1.807, 2.05) is 0 Å². The number of hydrogen-bond acceptors (Lipinski definition) is 2. The second kappa shape index (κ2) is 5.25. The molecule has 1 aliphatic carbocycles. The SMILES string of the molecule is CCCNCc1c2c(nc3ccc(F)cc13)CCC2. The predicted molar refractivity (Wildman–Crippen MR) is 75.7 cm³/mol. The van der Waals surface area contributed by atoms with Crippen LogP contribution < -0.4 is 5.32 Å². The van der Waals surface area contributed by atoms with Crippen molar-refractivity contribution in [3.63, 3.8) is 0 Å². The zero-order valence-electron chi connectivity index (χ0n) is 11.3. The molecule has 19 heavy (non-hydrogen) atoms. The van der Waals surface area contributed by atoms with E-state index in [1.165, 1.54) is 29.3 Å². The molecule has 1 aromatic carbocycles. The summed E-state index contributed by atoms with van der Waals surface area (Å²) in [5, 5.41) is 4.42. The van der Waals surface area contributed by atoms with E-state index in [2.05, 4.69) is 12.2 Å². The number of pyridine rings is 1. The summed E-state index contributed by atoms with van der Waals surface area (Å²) in [5.74, 6) is -0.177. The van der Waals surface area contributed by atoms with Crippen LogP contribution >= 0.6 is 0 Å². The van der Waals surface area contributed by atoms with Crippen molar-refractivity contribution in [1.82, 2.24) is 10.3 Å². The van der Waals surface area contributed by atoms with Gasteiger partial charge in [0, 0.05) is 17.6 Å². The zero-order valence-corrected chi connectivity index (χ0v) is 11.3. The molecule has 1 aliphatic rings. The Labute approximate surface area is 113 Å². The standard InChI is InChI=1S/C16H19FN2/c1-2-8-18-10-14-12-4-3-5-15(12)19-16-7-6-11(17)9-13(14)16/h6-7,9,18H,2-5,8,10H2,1H3. The van der Waals surface area contributed by atoms with Gasteiger partial charge in [0.15, 0.2) is 0 Å². The third kappa shape index (κ3) is 2.35. The maximum atomic E-state index is 13.5. The third-order valence-electron chi connectivity index (χ3n) is 3.82. The summed E-state index contributed by atoms with van der Waals surface area (Å²) in [4.78, 5) is 4.69. The molecule has 2 aromatic rings. The summed E-state index contributed by atoms with van der Waals surface area (Å²) in [6, 6.07) is 4.93. The fraction of sp³-hybridized carbons (Fsp3) is 0.438. The number of hydrogen-bond donors (Lipinski definition) is 1. The molecule has 1 heterocycles. The van der Waals surface area contributed by atoms with Crippen molar-refractivity contribution < 1.29 is 4.39 Å². The van der Waals surface area contributed by atoms with E-state index >= 15 is 0 Å². The van der Waals surface area contributed by atoms with E-state index in [1.54, 1.807) is 12.1 Å². The molecular formula is C16H19FN2. The zero-order chi connectivity index (χ0) is 13.2. The molecule has 1 N–H and O–H groups in total. The number of benzene rings is 1. The van der Waals surface area contributed by atoms with E-state index in [0.717, 1.165) is 43.3 Å². The van der Waals surface area contributed by atoms with Crippen molar-refractivity contribution in [3.05, 3.63) is 40.8 Å². The Balaban J connectivity index is 2.11. The first-order valence-corrected chi connectivity index (χ1v) is 7.10. The van der Waals surface area contributed by atoms with E-state index < -0.39 is 0 Å². The van der Waals surface area contributed by atoms with Gasteiger partial charge in [-0.1, -0.05) is 6.92 Å². The molecule has 0 saturated heterocycles. The average molecular weight is 258 g/mol. The highest BCUT2D eigenvalue weighted by atomic mass is 19.1. The molecule has 100 valence electrons. The van der Waals surface area contributed by atoms with Crippen molar-refractivity contribution in [2.24, 2.45) is 0 Å². The quantitative estimate of drug-likeness (QED) is 0.851. The molecule has 0 fully saturated rings. The number of aromatic nitrogens is 1. The lowest BCUT2D eigenvalue weighted by Crippen LogP contribution is -2.16. The highest BCUT2D eigenvalue weighted by molar-refractivity contribution is 5.84. The van der Waals surface area contributed by atoms with Gasteiger partial charge in [-0.2, -0.15) is 0 Å². The first-order chi connectivity index (χ1) is 9.29. The minimum absolute atomic E-state index is 0.177. The van der Waals surface area contributed by atoms with Gasteiger partial charge in [-0.05, 0) is 61.6 Å². The fourth-order valence-electron chi connectivity index (χ4n) is 2.92. The van der Waals surface area contributed by atoms with E-state index in [0.29, 0.717) is 0 Å². The van der Waals surface area contributed by atoms with E-state index in [9.17, 15) is 4.39 Å². The average Bonchev–Trinajstić information content (AvgIpc) is 2.86. The predicted octanol–water partition coefficient (Wildman–Crippen LogP) is 3.36. The maximum Gasteiger partial charge on any atom is 0.123 e. The van der Waals surface area contributed by atoms with Crippen LogP contribution in [0.25, 0.3) is 10.9 Å². The van der Waals surface area contributed by atoms with Gasteiger partial charge in [0.05, 0.1) is 5.52 Å². The smallest absolute Gasteiger partial charge is 0.123 e. The summed E-state index contributed by atoms with van der Waals surface area (Å²) in [7, 11) is 0. The summed E-state index contributed by atoms with van der Waals surface area (Å²) in [6.07, 6.45) is 4.42. The lowest BCUT2D eigenvalue weighted by atomic mass is 10.0. The van der Waals surface area contributed by atoms with Crippen LogP contribution in [0.4, 0.5) is 4.39 Å². The third-order valence-corrected chi connectivity index (χ3v) is 3.82. The summed E-state index contributed by atoms with van der Waals surface area (Å²) in [5.41, 5.74) is 4.75. The Kier molecular flexibility index (Phi) is 3.47. The topological polar surface area (TPSA) is 24.9 Å². The van der Waals surface area contributed by atoms with Crippen LogP contribution in [0.15, 0.2) is 18.2 Å². The molecular weight excluding hydrogens is 239 g/mol. The number of rotatable bonds is 4. The van der Waals surface area contributed by atoms with Gasteiger partial charge < -0.3 is 5.32 Å². The Bertz CT molecular complexity index is 607. The Hall–Kier alpha value is -1.48. The summed E-state index contributed by atoms with van der Waals surface area (Å²) in [6.45, 7) is 3.97. The van der Waals surface area contributed by atoms with Gasteiger partial charge in [-0.25, -0.2) is 4.39 Å². The molecule has 3 heteroatoms. The monoisotopic (exact) mass is 258 g/mol. The van der Waals surface area contributed by atoms with Crippen molar-refractivity contribution in [1.29, 1.82) is 0 Å². The van der Waals surface area contributed by atoms with Crippen LogP contribution in [0.5, 0.6) is 0 Å².